The van der Waals surface area contributed by atoms with Crippen molar-refractivity contribution >= 4 is 21.8 Å². The minimum atomic E-state index is -3.80. The number of hydrogen-bond acceptors (Lipinski definition) is 8. The van der Waals surface area contributed by atoms with Crippen LogP contribution in [0.1, 0.15) is 12.6 Å². The smallest absolute Gasteiger partial charge is 0.243 e. The maximum Gasteiger partial charge on any atom is 0.243 e. The number of benzene rings is 1. The fraction of sp³-hybridized carbons (Fsp3) is 0.524. The highest BCUT2D eigenvalue weighted by Gasteiger charge is 2.30. The number of piperazine rings is 1. The third-order valence-electron chi connectivity index (χ3n) is 5.53. The van der Waals surface area contributed by atoms with Gasteiger partial charge in [0.15, 0.2) is 11.6 Å². The van der Waals surface area contributed by atoms with Crippen molar-refractivity contribution in [2.45, 2.75) is 18.7 Å². The van der Waals surface area contributed by atoms with Gasteiger partial charge in [0.25, 0.3) is 0 Å². The molecule has 0 N–H and O–H groups in total. The van der Waals surface area contributed by atoms with Crippen LogP contribution in [-0.2, 0) is 14.8 Å². The van der Waals surface area contributed by atoms with Gasteiger partial charge in [-0.25, -0.2) is 17.8 Å². The number of aryl methyl sites for hydroxylation is 1. The summed E-state index contributed by atoms with van der Waals surface area (Å²) in [6.45, 7) is 8.30. The number of hydrogen-bond donors (Lipinski definition) is 0. The molecule has 0 atom stereocenters. The number of halogens is 1. The van der Waals surface area contributed by atoms with Crippen LogP contribution in [0.2, 0.25) is 0 Å². The van der Waals surface area contributed by atoms with E-state index in [-0.39, 0.29) is 23.7 Å². The second kappa shape index (κ2) is 9.55. The van der Waals surface area contributed by atoms with Crippen molar-refractivity contribution in [3.05, 3.63) is 35.8 Å². The third-order valence-corrected chi connectivity index (χ3v) is 7.42. The third kappa shape index (κ3) is 4.79. The molecule has 174 valence electrons. The van der Waals surface area contributed by atoms with Gasteiger partial charge < -0.3 is 19.3 Å². The Morgan fingerprint density at radius 2 is 1.75 bits per heavy atom. The van der Waals surface area contributed by atoms with Crippen molar-refractivity contribution in [2.75, 3.05) is 68.9 Å². The molecule has 2 saturated heterocycles. The van der Waals surface area contributed by atoms with Crippen LogP contribution in [0, 0.1) is 12.7 Å². The molecule has 11 heteroatoms. The van der Waals surface area contributed by atoms with Gasteiger partial charge in [-0.1, -0.05) is 0 Å². The summed E-state index contributed by atoms with van der Waals surface area (Å²) in [7, 11) is -3.80. The highest BCUT2D eigenvalue weighted by Crippen LogP contribution is 2.25. The summed E-state index contributed by atoms with van der Waals surface area (Å²) in [6.07, 6.45) is 0. The van der Waals surface area contributed by atoms with E-state index >= 15 is 0 Å². The van der Waals surface area contributed by atoms with Crippen LogP contribution in [0.15, 0.2) is 29.2 Å². The van der Waals surface area contributed by atoms with E-state index in [2.05, 4.69) is 14.8 Å². The van der Waals surface area contributed by atoms with Gasteiger partial charge in [-0.3, -0.25) is 0 Å². The second-order valence-electron chi connectivity index (χ2n) is 7.68. The standard InChI is InChI=1S/C21H28FN5O4S/c1-3-31-19-5-4-17(15-18(19)22)32(28,29)27-8-6-25(7-9-27)20-14-16(2)23-21(24-20)26-10-12-30-13-11-26/h4-5,14-15H,3,6-13H2,1-2H3. The molecule has 1 aromatic heterocycles. The van der Waals surface area contributed by atoms with Crippen LogP contribution >= 0.6 is 0 Å². The van der Waals surface area contributed by atoms with E-state index in [1.165, 1.54) is 16.4 Å². The molecule has 4 rings (SSSR count). The molecule has 2 aromatic rings. The molecule has 32 heavy (non-hydrogen) atoms. The fourth-order valence-electron chi connectivity index (χ4n) is 3.82. The molecule has 1 aromatic carbocycles. The first kappa shape index (κ1) is 22.7. The molecule has 0 aliphatic carbocycles. The van der Waals surface area contributed by atoms with Gasteiger partial charge in [-0.05, 0) is 32.0 Å². The molecule has 2 aliphatic heterocycles. The van der Waals surface area contributed by atoms with Gasteiger partial charge >= 0.3 is 0 Å². The van der Waals surface area contributed by atoms with E-state index in [1.807, 2.05) is 13.0 Å². The lowest BCUT2D eigenvalue weighted by molar-refractivity contribution is 0.122. The van der Waals surface area contributed by atoms with Crippen LogP contribution in [0.5, 0.6) is 5.75 Å². The molecule has 0 saturated carbocycles. The number of anilines is 2. The Morgan fingerprint density at radius 3 is 2.41 bits per heavy atom. The first-order chi connectivity index (χ1) is 15.4. The van der Waals surface area contributed by atoms with E-state index in [0.717, 1.165) is 30.7 Å². The molecule has 0 unspecified atom stereocenters. The quantitative estimate of drug-likeness (QED) is 0.637. The number of nitrogens with zero attached hydrogens (tertiary/aromatic N) is 5. The average molecular weight is 466 g/mol. The summed E-state index contributed by atoms with van der Waals surface area (Å²) in [5.74, 6) is 0.816. The summed E-state index contributed by atoms with van der Waals surface area (Å²) in [5.41, 5.74) is 0.858. The number of rotatable bonds is 6. The molecule has 0 spiro atoms. The Hall–Kier alpha value is -2.50. The summed E-state index contributed by atoms with van der Waals surface area (Å²) in [4.78, 5) is 13.4. The molecule has 0 radical (unpaired) electrons. The van der Waals surface area contributed by atoms with E-state index in [4.69, 9.17) is 14.5 Å². The molecule has 9 nitrogen and oxygen atoms in total. The predicted molar refractivity (Wildman–Crippen MR) is 118 cm³/mol. The first-order valence-corrected chi connectivity index (χ1v) is 12.2. The largest absolute Gasteiger partial charge is 0.491 e. The van der Waals surface area contributed by atoms with Gasteiger partial charge in [-0.15, -0.1) is 0 Å². The second-order valence-corrected chi connectivity index (χ2v) is 9.62. The Labute approximate surface area is 187 Å². The van der Waals surface area contributed by atoms with Gasteiger partial charge in [0, 0.05) is 51.0 Å². The average Bonchev–Trinajstić information content (AvgIpc) is 2.81. The van der Waals surface area contributed by atoms with Crippen LogP contribution in [0.25, 0.3) is 0 Å². The van der Waals surface area contributed by atoms with E-state index < -0.39 is 15.8 Å². The van der Waals surface area contributed by atoms with Gasteiger partial charge in [0.2, 0.25) is 16.0 Å². The van der Waals surface area contributed by atoms with Crippen molar-refractivity contribution < 1.29 is 22.3 Å². The Balaban J connectivity index is 1.46. The minimum absolute atomic E-state index is 0.0477. The Morgan fingerprint density at radius 1 is 1.03 bits per heavy atom. The number of ether oxygens (including phenoxy) is 2. The first-order valence-electron chi connectivity index (χ1n) is 10.7. The minimum Gasteiger partial charge on any atom is -0.491 e. The van der Waals surface area contributed by atoms with Crippen LogP contribution < -0.4 is 14.5 Å². The lowest BCUT2D eigenvalue weighted by Gasteiger charge is -2.35. The molecule has 0 bridgehead atoms. The van der Waals surface area contributed by atoms with Gasteiger partial charge in [0.1, 0.15) is 5.82 Å². The van der Waals surface area contributed by atoms with Crippen molar-refractivity contribution in [1.29, 1.82) is 0 Å². The lowest BCUT2D eigenvalue weighted by Crippen LogP contribution is -2.49. The zero-order valence-electron chi connectivity index (χ0n) is 18.3. The SMILES string of the molecule is CCOc1ccc(S(=O)(=O)N2CCN(c3cc(C)nc(N4CCOCC4)n3)CC2)cc1F. The molecule has 0 amide bonds. The summed E-state index contributed by atoms with van der Waals surface area (Å²) in [6, 6.07) is 5.68. The zero-order valence-corrected chi connectivity index (χ0v) is 19.1. The predicted octanol–water partition coefficient (Wildman–Crippen LogP) is 1.67. The molecular formula is C21H28FN5O4S. The number of aromatic nitrogens is 2. The highest BCUT2D eigenvalue weighted by molar-refractivity contribution is 7.89. The normalized spacial score (nSPS) is 18.1. The van der Waals surface area contributed by atoms with E-state index in [0.29, 0.717) is 38.9 Å². The van der Waals surface area contributed by atoms with E-state index in [9.17, 15) is 12.8 Å². The molecule has 2 fully saturated rings. The topological polar surface area (TPSA) is 88.1 Å². The van der Waals surface area contributed by atoms with Crippen molar-refractivity contribution in [2.24, 2.45) is 0 Å². The van der Waals surface area contributed by atoms with Crippen LogP contribution in [0.3, 0.4) is 0 Å². The Kier molecular flexibility index (Phi) is 6.77. The van der Waals surface area contributed by atoms with Gasteiger partial charge in [-0.2, -0.15) is 9.29 Å². The number of morpholine rings is 1. The summed E-state index contributed by atoms with van der Waals surface area (Å²) < 4.78 is 52.2. The van der Waals surface area contributed by atoms with Gasteiger partial charge in [0.05, 0.1) is 24.7 Å². The van der Waals surface area contributed by atoms with Crippen LogP contribution in [-0.4, -0.2) is 81.8 Å². The van der Waals surface area contributed by atoms with Crippen LogP contribution in [0.4, 0.5) is 16.2 Å². The van der Waals surface area contributed by atoms with Crippen molar-refractivity contribution in [3.8, 4) is 5.75 Å². The number of sulfonamides is 1. The van der Waals surface area contributed by atoms with E-state index in [1.54, 1.807) is 6.92 Å². The molecular weight excluding hydrogens is 437 g/mol. The maximum absolute atomic E-state index is 14.2. The Bertz CT molecular complexity index is 1050. The zero-order chi connectivity index (χ0) is 22.7. The highest BCUT2D eigenvalue weighted by atomic mass is 32.2. The lowest BCUT2D eigenvalue weighted by atomic mass is 10.3. The fourth-order valence-corrected chi connectivity index (χ4v) is 5.26. The summed E-state index contributed by atoms with van der Waals surface area (Å²) >= 11 is 0. The monoisotopic (exact) mass is 465 g/mol. The van der Waals surface area contributed by atoms with Crippen molar-refractivity contribution in [3.63, 3.8) is 0 Å². The summed E-state index contributed by atoms with van der Waals surface area (Å²) in [5, 5.41) is 0. The maximum atomic E-state index is 14.2. The van der Waals surface area contributed by atoms with Crippen molar-refractivity contribution in [1.82, 2.24) is 14.3 Å². The molecule has 3 heterocycles. The molecule has 2 aliphatic rings.